The Balaban J connectivity index is 1.29. The van der Waals surface area contributed by atoms with Crippen molar-refractivity contribution in [3.05, 3.63) is 53.3 Å². The number of hydrogen-bond acceptors (Lipinski definition) is 5. The Morgan fingerprint density at radius 1 is 1.13 bits per heavy atom. The van der Waals surface area contributed by atoms with Gasteiger partial charge in [-0.3, -0.25) is 14.6 Å². The number of aromatic nitrogens is 4. The van der Waals surface area contributed by atoms with Crippen molar-refractivity contribution in [2.45, 2.75) is 31.2 Å². The molecular formula is C21H21ClN6O2. The minimum atomic E-state index is -0.424. The number of fused-ring (bicyclic) bond motifs is 1. The van der Waals surface area contributed by atoms with Crippen molar-refractivity contribution in [2.75, 3.05) is 19.6 Å². The molecule has 5 rings (SSSR count). The van der Waals surface area contributed by atoms with Gasteiger partial charge in [0.1, 0.15) is 17.0 Å². The molecule has 2 aliphatic heterocycles. The molecule has 9 heteroatoms. The molecule has 30 heavy (non-hydrogen) atoms. The third-order valence-corrected chi connectivity index (χ3v) is 6.18. The van der Waals surface area contributed by atoms with E-state index >= 15 is 0 Å². The molecule has 2 atom stereocenters. The highest BCUT2D eigenvalue weighted by molar-refractivity contribution is 6.29. The number of halogens is 1. The second kappa shape index (κ2) is 7.68. The topological polar surface area (TPSA) is 95.1 Å². The summed E-state index contributed by atoms with van der Waals surface area (Å²) < 4.78 is 0. The zero-order valence-corrected chi connectivity index (χ0v) is 17.0. The maximum absolute atomic E-state index is 13.3. The summed E-state index contributed by atoms with van der Waals surface area (Å²) in [5.41, 5.74) is 2.24. The van der Waals surface area contributed by atoms with Crippen LogP contribution >= 0.6 is 11.6 Å². The monoisotopic (exact) mass is 424 g/mol. The SMILES string of the molecule is O=C(C1CCCN1C(=O)c1ccc(Cl)nc1)N1CCC(c2nc3ccncc3[nH]2)C1. The molecule has 0 saturated carbocycles. The third-order valence-electron chi connectivity index (χ3n) is 5.96. The summed E-state index contributed by atoms with van der Waals surface area (Å²) in [6, 6.07) is 4.70. The number of H-pyrrole nitrogens is 1. The van der Waals surface area contributed by atoms with Crippen molar-refractivity contribution >= 4 is 34.4 Å². The Morgan fingerprint density at radius 3 is 2.83 bits per heavy atom. The highest BCUT2D eigenvalue weighted by atomic mass is 35.5. The van der Waals surface area contributed by atoms with Crippen molar-refractivity contribution < 1.29 is 9.59 Å². The van der Waals surface area contributed by atoms with Gasteiger partial charge >= 0.3 is 0 Å². The van der Waals surface area contributed by atoms with E-state index in [1.54, 1.807) is 29.4 Å². The van der Waals surface area contributed by atoms with E-state index in [0.717, 1.165) is 29.7 Å². The molecule has 0 spiro atoms. The lowest BCUT2D eigenvalue weighted by Crippen LogP contribution is -2.47. The first kappa shape index (κ1) is 19.0. The van der Waals surface area contributed by atoms with E-state index in [9.17, 15) is 9.59 Å². The number of hydrogen-bond donors (Lipinski definition) is 1. The van der Waals surface area contributed by atoms with Crippen molar-refractivity contribution in [3.63, 3.8) is 0 Å². The zero-order chi connectivity index (χ0) is 20.7. The van der Waals surface area contributed by atoms with Crippen molar-refractivity contribution in [2.24, 2.45) is 0 Å². The average Bonchev–Trinajstić information content (AvgIpc) is 3.52. The highest BCUT2D eigenvalue weighted by Crippen LogP contribution is 2.29. The fourth-order valence-corrected chi connectivity index (χ4v) is 4.51. The summed E-state index contributed by atoms with van der Waals surface area (Å²) in [6.07, 6.45) is 7.30. The number of pyridine rings is 2. The molecule has 2 saturated heterocycles. The molecule has 2 fully saturated rings. The lowest BCUT2D eigenvalue weighted by atomic mass is 10.1. The van der Waals surface area contributed by atoms with Crippen LogP contribution in [0.2, 0.25) is 5.15 Å². The van der Waals surface area contributed by atoms with Crippen molar-refractivity contribution in [1.82, 2.24) is 29.7 Å². The first-order valence-electron chi connectivity index (χ1n) is 10.1. The van der Waals surface area contributed by atoms with Crippen LogP contribution in [-0.2, 0) is 4.79 Å². The standard InChI is InChI=1S/C21H21ClN6O2/c22-18-4-3-13(10-24-18)20(29)28-8-1-2-17(28)21(30)27-9-6-14(12-27)19-25-15-5-7-23-11-16(15)26-19/h3-5,7,10-11,14,17H,1-2,6,8-9,12H2,(H,25,26). The Labute approximate surface area is 178 Å². The maximum Gasteiger partial charge on any atom is 0.256 e. The maximum atomic E-state index is 13.3. The first-order chi connectivity index (χ1) is 14.6. The van der Waals surface area contributed by atoms with Crippen LogP contribution in [0.15, 0.2) is 36.8 Å². The van der Waals surface area contributed by atoms with Gasteiger partial charge in [-0.1, -0.05) is 11.6 Å². The van der Waals surface area contributed by atoms with Gasteiger partial charge in [0, 0.05) is 37.9 Å². The van der Waals surface area contributed by atoms with Gasteiger partial charge in [0.25, 0.3) is 5.91 Å². The van der Waals surface area contributed by atoms with E-state index in [1.165, 1.54) is 6.20 Å². The quantitative estimate of drug-likeness (QED) is 0.652. The van der Waals surface area contributed by atoms with Crippen LogP contribution in [0.1, 0.15) is 41.4 Å². The van der Waals surface area contributed by atoms with Crippen LogP contribution in [0.25, 0.3) is 11.0 Å². The van der Waals surface area contributed by atoms with E-state index in [-0.39, 0.29) is 17.7 Å². The Bertz CT molecular complexity index is 1070. The number of nitrogens with zero attached hydrogens (tertiary/aromatic N) is 5. The summed E-state index contributed by atoms with van der Waals surface area (Å²) in [5, 5.41) is 0.338. The molecule has 0 aliphatic carbocycles. The molecule has 0 aromatic carbocycles. The van der Waals surface area contributed by atoms with E-state index in [4.69, 9.17) is 11.6 Å². The van der Waals surface area contributed by atoms with E-state index < -0.39 is 6.04 Å². The number of carbonyl (C=O) groups is 2. The minimum Gasteiger partial charge on any atom is -0.340 e. The van der Waals surface area contributed by atoms with E-state index in [1.807, 2.05) is 11.0 Å². The van der Waals surface area contributed by atoms with Gasteiger partial charge in [-0.05, 0) is 37.5 Å². The molecule has 2 unspecified atom stereocenters. The molecule has 5 heterocycles. The Kier molecular flexibility index (Phi) is 4.86. The third kappa shape index (κ3) is 3.41. The second-order valence-corrected chi connectivity index (χ2v) is 8.20. The summed E-state index contributed by atoms with van der Waals surface area (Å²) in [4.78, 5) is 45.8. The van der Waals surface area contributed by atoms with Gasteiger partial charge < -0.3 is 14.8 Å². The average molecular weight is 425 g/mol. The van der Waals surface area contributed by atoms with Crippen LogP contribution in [0.3, 0.4) is 0 Å². The normalized spacial score (nSPS) is 21.5. The van der Waals surface area contributed by atoms with Gasteiger partial charge in [-0.2, -0.15) is 0 Å². The van der Waals surface area contributed by atoms with Crippen LogP contribution < -0.4 is 0 Å². The zero-order valence-electron chi connectivity index (χ0n) is 16.3. The van der Waals surface area contributed by atoms with Gasteiger partial charge in [-0.25, -0.2) is 9.97 Å². The van der Waals surface area contributed by atoms with Crippen LogP contribution in [0.4, 0.5) is 0 Å². The summed E-state index contributed by atoms with van der Waals surface area (Å²) in [6.45, 7) is 1.85. The minimum absolute atomic E-state index is 0.0167. The molecule has 3 aromatic rings. The van der Waals surface area contributed by atoms with Crippen LogP contribution in [0.5, 0.6) is 0 Å². The number of carbonyl (C=O) groups excluding carboxylic acids is 2. The van der Waals surface area contributed by atoms with Crippen molar-refractivity contribution in [3.8, 4) is 0 Å². The van der Waals surface area contributed by atoms with Gasteiger partial charge in [0.15, 0.2) is 0 Å². The Morgan fingerprint density at radius 2 is 2.03 bits per heavy atom. The van der Waals surface area contributed by atoms with Crippen LogP contribution in [0, 0.1) is 0 Å². The summed E-state index contributed by atoms with van der Waals surface area (Å²) >= 11 is 5.82. The van der Waals surface area contributed by atoms with E-state index in [0.29, 0.717) is 36.8 Å². The molecule has 154 valence electrons. The predicted octanol–water partition coefficient (Wildman–Crippen LogP) is 2.63. The largest absolute Gasteiger partial charge is 0.340 e. The van der Waals surface area contributed by atoms with Gasteiger partial charge in [0.2, 0.25) is 5.91 Å². The number of likely N-dealkylation sites (tertiary alicyclic amines) is 2. The predicted molar refractivity (Wildman–Crippen MR) is 111 cm³/mol. The van der Waals surface area contributed by atoms with Crippen molar-refractivity contribution in [1.29, 1.82) is 0 Å². The summed E-state index contributed by atoms with van der Waals surface area (Å²) in [5.74, 6) is 0.894. The molecular weight excluding hydrogens is 404 g/mol. The second-order valence-electron chi connectivity index (χ2n) is 7.81. The lowest BCUT2D eigenvalue weighted by molar-refractivity contribution is -0.134. The number of amides is 2. The number of imidazole rings is 1. The Hall–Kier alpha value is -3.00. The fourth-order valence-electron chi connectivity index (χ4n) is 4.40. The lowest BCUT2D eigenvalue weighted by Gasteiger charge is -2.28. The van der Waals surface area contributed by atoms with Gasteiger partial charge in [-0.15, -0.1) is 0 Å². The molecule has 2 aliphatic rings. The molecule has 0 radical (unpaired) electrons. The number of aromatic amines is 1. The first-order valence-corrected chi connectivity index (χ1v) is 10.5. The fraction of sp³-hybridized carbons (Fsp3) is 0.381. The summed E-state index contributed by atoms with van der Waals surface area (Å²) in [7, 11) is 0. The number of rotatable bonds is 3. The highest BCUT2D eigenvalue weighted by Gasteiger charge is 2.39. The molecule has 1 N–H and O–H groups in total. The molecule has 8 nitrogen and oxygen atoms in total. The molecule has 2 amide bonds. The number of nitrogens with one attached hydrogen (secondary N) is 1. The van der Waals surface area contributed by atoms with Crippen LogP contribution in [-0.4, -0.2) is 67.2 Å². The van der Waals surface area contributed by atoms with E-state index in [2.05, 4.69) is 19.9 Å². The molecule has 0 bridgehead atoms. The van der Waals surface area contributed by atoms with Gasteiger partial charge in [0.05, 0.1) is 22.8 Å². The molecule has 3 aromatic heterocycles. The smallest absolute Gasteiger partial charge is 0.256 e.